The number of thiazole rings is 1. The first kappa shape index (κ1) is 17.8. The van der Waals surface area contributed by atoms with Gasteiger partial charge in [0.25, 0.3) is 5.91 Å². The highest BCUT2D eigenvalue weighted by molar-refractivity contribution is 7.16. The van der Waals surface area contributed by atoms with Crippen LogP contribution in [0, 0.1) is 6.92 Å². The molecule has 0 spiro atoms. The number of esters is 1. The van der Waals surface area contributed by atoms with Crippen LogP contribution in [0.1, 0.15) is 26.4 Å². The number of hydrogen-bond donors (Lipinski definition) is 0. The minimum Gasteiger partial charge on any atom is -0.465 e. The fourth-order valence-electron chi connectivity index (χ4n) is 2.67. The molecule has 0 aliphatic carbocycles. The van der Waals surface area contributed by atoms with Crippen molar-refractivity contribution in [3.8, 4) is 0 Å². The number of allylic oxidation sites excluding steroid dienone is 1. The van der Waals surface area contributed by atoms with Gasteiger partial charge in [0.2, 0.25) is 0 Å². The number of methoxy groups -OCH3 is 1. The molecule has 0 unspecified atom stereocenters. The molecule has 0 saturated heterocycles. The Kier molecular flexibility index (Phi) is 4.85. The molecule has 0 aliphatic heterocycles. The standard InChI is InChI=1S/C18H18N4O3S/c1-5-8-22-13-7-6-12(17(24)25-4)9-14(13)26-18(22)19-16(23)15-11(2)10-21(3)20-15/h5-7,9-10H,1,8H2,2-4H3. The van der Waals surface area contributed by atoms with E-state index >= 15 is 0 Å². The van der Waals surface area contributed by atoms with E-state index in [4.69, 9.17) is 4.74 Å². The fourth-order valence-corrected chi connectivity index (χ4v) is 3.74. The third kappa shape index (κ3) is 3.23. The van der Waals surface area contributed by atoms with Crippen LogP contribution in [0.15, 0.2) is 42.0 Å². The summed E-state index contributed by atoms with van der Waals surface area (Å²) in [6.07, 6.45) is 3.50. The van der Waals surface area contributed by atoms with Crippen LogP contribution in [0.5, 0.6) is 0 Å². The number of ether oxygens (including phenoxy) is 1. The zero-order valence-electron chi connectivity index (χ0n) is 14.7. The third-order valence-corrected chi connectivity index (χ3v) is 4.87. The predicted octanol–water partition coefficient (Wildman–Crippen LogP) is 2.46. The van der Waals surface area contributed by atoms with E-state index in [1.807, 2.05) is 17.6 Å². The van der Waals surface area contributed by atoms with Crippen LogP contribution in [0.25, 0.3) is 10.2 Å². The number of aromatic nitrogens is 3. The summed E-state index contributed by atoms with van der Waals surface area (Å²) in [4.78, 5) is 29.1. The maximum Gasteiger partial charge on any atom is 0.337 e. The SMILES string of the molecule is C=CCn1c(=NC(=O)c2nn(C)cc2C)sc2cc(C(=O)OC)ccc21. The minimum atomic E-state index is -0.408. The molecule has 0 aliphatic rings. The number of aryl methyl sites for hydroxylation is 2. The van der Waals surface area contributed by atoms with Gasteiger partial charge in [0.1, 0.15) is 0 Å². The van der Waals surface area contributed by atoms with E-state index in [9.17, 15) is 9.59 Å². The third-order valence-electron chi connectivity index (χ3n) is 3.83. The van der Waals surface area contributed by atoms with Gasteiger partial charge in [0, 0.05) is 25.4 Å². The van der Waals surface area contributed by atoms with Crippen molar-refractivity contribution < 1.29 is 14.3 Å². The second-order valence-corrected chi connectivity index (χ2v) is 6.72. The highest BCUT2D eigenvalue weighted by atomic mass is 32.1. The van der Waals surface area contributed by atoms with Crippen molar-refractivity contribution in [2.75, 3.05) is 7.11 Å². The Bertz CT molecular complexity index is 1090. The van der Waals surface area contributed by atoms with E-state index in [1.54, 1.807) is 36.1 Å². The second kappa shape index (κ2) is 7.09. The molecule has 134 valence electrons. The number of benzene rings is 1. The molecule has 8 heteroatoms. The highest BCUT2D eigenvalue weighted by Crippen LogP contribution is 2.20. The normalized spacial score (nSPS) is 11.7. The number of carbonyl (C=O) groups is 2. The zero-order valence-corrected chi connectivity index (χ0v) is 15.5. The van der Waals surface area contributed by atoms with E-state index in [0.29, 0.717) is 22.6 Å². The van der Waals surface area contributed by atoms with Gasteiger partial charge in [-0.3, -0.25) is 9.48 Å². The number of fused-ring (bicyclic) bond motifs is 1. The molecule has 7 nitrogen and oxygen atoms in total. The molecule has 0 fully saturated rings. The Morgan fingerprint density at radius 3 is 2.81 bits per heavy atom. The summed E-state index contributed by atoms with van der Waals surface area (Å²) in [5.41, 5.74) is 2.41. The van der Waals surface area contributed by atoms with Gasteiger partial charge in [-0.05, 0) is 25.1 Å². The molecule has 0 bridgehead atoms. The Balaban J connectivity index is 2.16. The quantitative estimate of drug-likeness (QED) is 0.522. The van der Waals surface area contributed by atoms with Gasteiger partial charge in [0.15, 0.2) is 10.5 Å². The molecule has 1 amide bonds. The van der Waals surface area contributed by atoms with Gasteiger partial charge in [-0.2, -0.15) is 10.1 Å². The number of carbonyl (C=O) groups excluding carboxylic acids is 2. The molecular formula is C18H18N4O3S. The lowest BCUT2D eigenvalue weighted by Crippen LogP contribution is -2.16. The first-order valence-electron chi connectivity index (χ1n) is 7.86. The molecule has 3 rings (SSSR count). The molecule has 0 atom stereocenters. The average molecular weight is 370 g/mol. The van der Waals surface area contributed by atoms with E-state index in [1.165, 1.54) is 18.4 Å². The van der Waals surface area contributed by atoms with Gasteiger partial charge in [-0.1, -0.05) is 17.4 Å². The number of amides is 1. The first-order valence-corrected chi connectivity index (χ1v) is 8.68. The summed E-state index contributed by atoms with van der Waals surface area (Å²) >= 11 is 1.33. The number of nitrogens with zero attached hydrogens (tertiary/aromatic N) is 4. The number of hydrogen-bond acceptors (Lipinski definition) is 5. The molecule has 2 aromatic heterocycles. The maximum atomic E-state index is 12.6. The molecule has 2 heterocycles. The Morgan fingerprint density at radius 1 is 1.42 bits per heavy atom. The zero-order chi connectivity index (χ0) is 18.8. The topological polar surface area (TPSA) is 78.5 Å². The Hall–Kier alpha value is -3.00. The molecule has 0 saturated carbocycles. The van der Waals surface area contributed by atoms with Gasteiger partial charge in [0.05, 0.1) is 22.9 Å². The minimum absolute atomic E-state index is 0.324. The van der Waals surface area contributed by atoms with Gasteiger partial charge >= 0.3 is 5.97 Å². The van der Waals surface area contributed by atoms with Crippen molar-refractivity contribution in [3.05, 3.63) is 58.7 Å². The van der Waals surface area contributed by atoms with E-state index in [-0.39, 0.29) is 0 Å². The van der Waals surface area contributed by atoms with E-state index < -0.39 is 11.9 Å². The largest absolute Gasteiger partial charge is 0.465 e. The summed E-state index contributed by atoms with van der Waals surface area (Å²) in [5, 5.41) is 4.17. The smallest absolute Gasteiger partial charge is 0.337 e. The summed E-state index contributed by atoms with van der Waals surface area (Å²) < 4.78 is 9.06. The van der Waals surface area contributed by atoms with Crippen LogP contribution in [0.3, 0.4) is 0 Å². The van der Waals surface area contributed by atoms with E-state index in [0.717, 1.165) is 15.8 Å². The summed E-state index contributed by atoms with van der Waals surface area (Å²) in [6, 6.07) is 5.24. The van der Waals surface area contributed by atoms with Crippen molar-refractivity contribution in [1.29, 1.82) is 0 Å². The van der Waals surface area contributed by atoms with Crippen molar-refractivity contribution in [1.82, 2.24) is 14.3 Å². The Labute approximate surface area is 153 Å². The molecule has 1 aromatic carbocycles. The molecule has 0 radical (unpaired) electrons. The molecule has 3 aromatic rings. The monoisotopic (exact) mass is 370 g/mol. The summed E-state index contributed by atoms with van der Waals surface area (Å²) in [7, 11) is 3.10. The second-order valence-electron chi connectivity index (χ2n) is 5.71. The van der Waals surface area contributed by atoms with Crippen LogP contribution in [0.4, 0.5) is 0 Å². The Morgan fingerprint density at radius 2 is 2.19 bits per heavy atom. The lowest BCUT2D eigenvalue weighted by molar-refractivity contribution is 0.0601. The van der Waals surface area contributed by atoms with E-state index in [2.05, 4.69) is 16.7 Å². The van der Waals surface area contributed by atoms with Crippen molar-refractivity contribution in [3.63, 3.8) is 0 Å². The maximum absolute atomic E-state index is 12.6. The lowest BCUT2D eigenvalue weighted by atomic mass is 10.2. The van der Waals surface area contributed by atoms with Crippen molar-refractivity contribution in [2.24, 2.45) is 12.0 Å². The van der Waals surface area contributed by atoms with Crippen LogP contribution in [-0.4, -0.2) is 33.3 Å². The number of rotatable bonds is 4. The van der Waals surface area contributed by atoms with Crippen molar-refractivity contribution >= 4 is 33.4 Å². The fraction of sp³-hybridized carbons (Fsp3) is 0.222. The van der Waals surface area contributed by atoms with Crippen LogP contribution >= 0.6 is 11.3 Å². The van der Waals surface area contributed by atoms with Crippen LogP contribution < -0.4 is 4.80 Å². The first-order chi connectivity index (χ1) is 12.4. The van der Waals surface area contributed by atoms with Gasteiger partial charge in [-0.25, -0.2) is 4.79 Å². The molecular weight excluding hydrogens is 352 g/mol. The molecule has 0 N–H and O–H groups in total. The highest BCUT2D eigenvalue weighted by Gasteiger charge is 2.15. The summed E-state index contributed by atoms with van der Waals surface area (Å²) in [5.74, 6) is -0.810. The van der Waals surface area contributed by atoms with Crippen LogP contribution in [-0.2, 0) is 18.3 Å². The lowest BCUT2D eigenvalue weighted by Gasteiger charge is -2.02. The molecule has 26 heavy (non-hydrogen) atoms. The average Bonchev–Trinajstić information content (AvgIpc) is 3.13. The van der Waals surface area contributed by atoms with Gasteiger partial charge < -0.3 is 9.30 Å². The predicted molar refractivity (Wildman–Crippen MR) is 99.2 cm³/mol. The van der Waals surface area contributed by atoms with Crippen LogP contribution in [0.2, 0.25) is 0 Å². The van der Waals surface area contributed by atoms with Crippen molar-refractivity contribution in [2.45, 2.75) is 13.5 Å². The van der Waals surface area contributed by atoms with Gasteiger partial charge in [-0.15, -0.1) is 6.58 Å². The summed E-state index contributed by atoms with van der Waals surface area (Å²) in [6.45, 7) is 6.08.